The lowest BCUT2D eigenvalue weighted by Gasteiger charge is -2.35. The normalized spacial score (nSPS) is 12.3. The van der Waals surface area contributed by atoms with Gasteiger partial charge in [-0.2, -0.15) is 0 Å². The van der Waals surface area contributed by atoms with Crippen LogP contribution >= 0.6 is 15.9 Å². The molecule has 0 aliphatic rings. The highest BCUT2D eigenvalue weighted by molar-refractivity contribution is 9.10. The second-order valence-corrected chi connectivity index (χ2v) is 14.5. The summed E-state index contributed by atoms with van der Waals surface area (Å²) in [6.07, 6.45) is 0.253. The van der Waals surface area contributed by atoms with Crippen LogP contribution in [0.3, 0.4) is 0 Å². The van der Waals surface area contributed by atoms with Gasteiger partial charge in [0.1, 0.15) is 12.6 Å². The average Bonchev–Trinajstić information content (AvgIpc) is 2.98. The zero-order valence-electron chi connectivity index (χ0n) is 25.4. The fourth-order valence-corrected chi connectivity index (χ4v) is 6.67. The fraction of sp³-hybridized carbons (Fsp3) is 0.257. The molecule has 44 heavy (non-hydrogen) atoms. The number of carbonyl (C=O) groups excluding carboxylic acids is 2. The molecule has 4 aromatic carbocycles. The summed E-state index contributed by atoms with van der Waals surface area (Å²) >= 11 is 3.44. The van der Waals surface area contributed by atoms with Crippen molar-refractivity contribution in [1.82, 2.24) is 10.2 Å². The molecule has 9 heteroatoms. The van der Waals surface area contributed by atoms with E-state index < -0.39 is 34.1 Å². The van der Waals surface area contributed by atoms with Crippen LogP contribution in [-0.2, 0) is 32.6 Å². The Labute approximate surface area is 269 Å². The van der Waals surface area contributed by atoms with Gasteiger partial charge in [0.15, 0.2) is 0 Å². The van der Waals surface area contributed by atoms with Crippen LogP contribution in [0.25, 0.3) is 0 Å². The van der Waals surface area contributed by atoms with Crippen LogP contribution in [0.1, 0.15) is 37.5 Å². The van der Waals surface area contributed by atoms with Gasteiger partial charge < -0.3 is 10.2 Å². The van der Waals surface area contributed by atoms with Crippen LogP contribution in [0.2, 0.25) is 0 Å². The molecule has 0 unspecified atom stereocenters. The zero-order valence-corrected chi connectivity index (χ0v) is 27.8. The molecule has 0 spiro atoms. The van der Waals surface area contributed by atoms with Crippen molar-refractivity contribution in [2.24, 2.45) is 0 Å². The molecule has 0 fully saturated rings. The SMILES string of the molecule is Cc1ccccc1CN(C(=O)CN(c1cccc(Br)c1)S(=O)(=O)c1ccccc1)[C@@H](Cc1ccccc1)C(=O)NC(C)(C)C. The van der Waals surface area contributed by atoms with E-state index in [9.17, 15) is 18.0 Å². The van der Waals surface area contributed by atoms with Gasteiger partial charge in [-0.25, -0.2) is 8.42 Å². The third-order valence-corrected chi connectivity index (χ3v) is 9.36. The number of amides is 2. The van der Waals surface area contributed by atoms with Crippen LogP contribution in [0, 0.1) is 6.92 Å². The molecule has 0 aromatic heterocycles. The first-order valence-electron chi connectivity index (χ1n) is 14.4. The minimum absolute atomic E-state index is 0.0598. The number of benzene rings is 4. The number of hydrogen-bond acceptors (Lipinski definition) is 4. The van der Waals surface area contributed by atoms with Gasteiger partial charge in [0, 0.05) is 23.0 Å². The Morgan fingerprint density at radius 1 is 0.841 bits per heavy atom. The molecule has 0 radical (unpaired) electrons. The maximum atomic E-state index is 14.5. The Balaban J connectivity index is 1.82. The van der Waals surface area contributed by atoms with E-state index in [1.54, 1.807) is 42.5 Å². The van der Waals surface area contributed by atoms with Crippen molar-refractivity contribution >= 4 is 43.5 Å². The molecule has 2 amide bonds. The number of nitrogens with one attached hydrogen (secondary N) is 1. The summed E-state index contributed by atoms with van der Waals surface area (Å²) in [5.41, 5.74) is 2.47. The molecule has 0 aliphatic carbocycles. The summed E-state index contributed by atoms with van der Waals surface area (Å²) in [5.74, 6) is -0.819. The number of carbonyl (C=O) groups is 2. The lowest BCUT2D eigenvalue weighted by atomic mass is 10.00. The lowest BCUT2D eigenvalue weighted by molar-refractivity contribution is -0.140. The van der Waals surface area contributed by atoms with Crippen LogP contribution < -0.4 is 9.62 Å². The fourth-order valence-electron chi connectivity index (χ4n) is 4.86. The van der Waals surface area contributed by atoms with E-state index in [1.165, 1.54) is 17.0 Å². The summed E-state index contributed by atoms with van der Waals surface area (Å²) in [6, 6.07) is 31.1. The molecule has 4 aromatic rings. The molecule has 0 heterocycles. The summed E-state index contributed by atoms with van der Waals surface area (Å²) < 4.78 is 29.9. The third-order valence-electron chi connectivity index (χ3n) is 7.08. The molecule has 0 aliphatic heterocycles. The van der Waals surface area contributed by atoms with E-state index in [1.807, 2.05) is 82.3 Å². The first-order valence-corrected chi connectivity index (χ1v) is 16.6. The first-order chi connectivity index (χ1) is 20.8. The van der Waals surface area contributed by atoms with Crippen LogP contribution in [0.5, 0.6) is 0 Å². The number of sulfonamides is 1. The highest BCUT2D eigenvalue weighted by Crippen LogP contribution is 2.27. The van der Waals surface area contributed by atoms with Gasteiger partial charge in [-0.05, 0) is 74.7 Å². The molecular weight excluding hydrogens is 638 g/mol. The summed E-state index contributed by atoms with van der Waals surface area (Å²) in [6.45, 7) is 7.23. The topological polar surface area (TPSA) is 86.8 Å². The van der Waals surface area contributed by atoms with E-state index in [2.05, 4.69) is 21.2 Å². The van der Waals surface area contributed by atoms with Crippen molar-refractivity contribution < 1.29 is 18.0 Å². The monoisotopic (exact) mass is 675 g/mol. The number of hydrogen-bond donors (Lipinski definition) is 1. The quantitative estimate of drug-likeness (QED) is 0.196. The molecule has 0 saturated carbocycles. The van der Waals surface area contributed by atoms with Crippen molar-refractivity contribution in [1.29, 1.82) is 0 Å². The van der Waals surface area contributed by atoms with Gasteiger partial charge in [-0.3, -0.25) is 13.9 Å². The third kappa shape index (κ3) is 8.57. The second kappa shape index (κ2) is 14.2. The highest BCUT2D eigenvalue weighted by Gasteiger charge is 2.35. The number of halogens is 1. The Kier molecular flexibility index (Phi) is 10.7. The van der Waals surface area contributed by atoms with Crippen LogP contribution in [-0.4, -0.2) is 43.3 Å². The molecular formula is C35H38BrN3O4S. The van der Waals surface area contributed by atoms with Gasteiger partial charge in [0.2, 0.25) is 11.8 Å². The number of aryl methyl sites for hydroxylation is 1. The first kappa shape index (κ1) is 33.0. The maximum Gasteiger partial charge on any atom is 0.264 e. The Bertz CT molecular complexity index is 1690. The van der Waals surface area contributed by atoms with Crippen molar-refractivity contribution in [3.8, 4) is 0 Å². The zero-order chi connectivity index (χ0) is 31.9. The number of rotatable bonds is 11. The van der Waals surface area contributed by atoms with Crippen LogP contribution in [0.4, 0.5) is 5.69 Å². The lowest BCUT2D eigenvalue weighted by Crippen LogP contribution is -2.56. The van der Waals surface area contributed by atoms with Crippen LogP contribution in [0.15, 0.2) is 119 Å². The Hall–Kier alpha value is -3.95. The summed E-state index contributed by atoms with van der Waals surface area (Å²) in [5, 5.41) is 3.05. The largest absolute Gasteiger partial charge is 0.350 e. The molecule has 0 bridgehead atoms. The molecule has 0 saturated heterocycles. The molecule has 4 rings (SSSR count). The second-order valence-electron chi connectivity index (χ2n) is 11.7. The van der Waals surface area contributed by atoms with Crippen molar-refractivity contribution in [3.63, 3.8) is 0 Å². The molecule has 1 N–H and O–H groups in total. The predicted octanol–water partition coefficient (Wildman–Crippen LogP) is 6.51. The van der Waals surface area contributed by atoms with E-state index in [-0.39, 0.29) is 23.8 Å². The summed E-state index contributed by atoms with van der Waals surface area (Å²) in [7, 11) is -4.15. The highest BCUT2D eigenvalue weighted by atomic mass is 79.9. The Morgan fingerprint density at radius 3 is 2.07 bits per heavy atom. The van der Waals surface area contributed by atoms with Gasteiger partial charge in [-0.1, -0.05) is 94.8 Å². The van der Waals surface area contributed by atoms with Gasteiger partial charge in [0.05, 0.1) is 10.6 Å². The minimum atomic E-state index is -4.15. The molecule has 1 atom stereocenters. The number of nitrogens with zero attached hydrogens (tertiary/aromatic N) is 2. The van der Waals surface area contributed by atoms with E-state index in [0.717, 1.165) is 21.0 Å². The van der Waals surface area contributed by atoms with E-state index in [0.29, 0.717) is 10.2 Å². The van der Waals surface area contributed by atoms with E-state index >= 15 is 0 Å². The minimum Gasteiger partial charge on any atom is -0.350 e. The maximum absolute atomic E-state index is 14.5. The molecule has 230 valence electrons. The van der Waals surface area contributed by atoms with Crippen molar-refractivity contribution in [3.05, 3.63) is 130 Å². The number of anilines is 1. The molecule has 7 nitrogen and oxygen atoms in total. The standard InChI is InChI=1S/C35H38BrN3O4S/c1-26-14-11-12-17-28(26)24-38(32(34(41)37-35(2,3)4)22-27-15-7-5-8-16-27)33(40)25-39(30-19-13-18-29(36)23-30)44(42,43)31-20-9-6-10-21-31/h5-21,23,32H,22,24-25H2,1-4H3,(H,37,41)/t32-/m0/s1. The van der Waals surface area contributed by atoms with Crippen molar-refractivity contribution in [2.45, 2.75) is 57.1 Å². The smallest absolute Gasteiger partial charge is 0.264 e. The van der Waals surface area contributed by atoms with E-state index in [4.69, 9.17) is 0 Å². The van der Waals surface area contributed by atoms with Crippen molar-refractivity contribution in [2.75, 3.05) is 10.8 Å². The average molecular weight is 677 g/mol. The van der Waals surface area contributed by atoms with Gasteiger partial charge in [0.25, 0.3) is 10.0 Å². The van der Waals surface area contributed by atoms with Gasteiger partial charge in [-0.15, -0.1) is 0 Å². The predicted molar refractivity (Wildman–Crippen MR) is 179 cm³/mol. The Morgan fingerprint density at radius 2 is 1.45 bits per heavy atom. The summed E-state index contributed by atoms with van der Waals surface area (Å²) in [4.78, 5) is 30.1. The van der Waals surface area contributed by atoms with Gasteiger partial charge >= 0.3 is 0 Å².